The Morgan fingerprint density at radius 2 is 1.22 bits per heavy atom. The summed E-state index contributed by atoms with van der Waals surface area (Å²) in [6.45, 7) is 8.36. The first-order valence-corrected chi connectivity index (χ1v) is 13.5. The van der Waals surface area contributed by atoms with E-state index in [-0.39, 0.29) is 0 Å². The lowest BCUT2D eigenvalue weighted by molar-refractivity contribution is 0.00578. The fraction of sp³-hybridized carbons (Fsp3) is 0.219. The maximum absolute atomic E-state index is 9.86. The normalized spacial score (nSPS) is 19.1. The van der Waals surface area contributed by atoms with Crippen molar-refractivity contribution in [1.82, 2.24) is 0 Å². The summed E-state index contributed by atoms with van der Waals surface area (Å²) in [6, 6.07) is 32.5. The molecule has 7 rings (SSSR count). The van der Waals surface area contributed by atoms with Gasteiger partial charge in [0.25, 0.3) is 0 Å². The number of nitrogens with zero attached hydrogens (tertiary/aromatic N) is 1. The van der Waals surface area contributed by atoms with Crippen LogP contribution in [0.15, 0.2) is 94.7 Å². The summed E-state index contributed by atoms with van der Waals surface area (Å²) < 4.78 is 12.9. The first kappa shape index (κ1) is 22.9. The van der Waals surface area contributed by atoms with E-state index < -0.39 is 23.7 Å². The topological polar surface area (TPSA) is 42.2 Å². The van der Waals surface area contributed by atoms with Gasteiger partial charge in [-0.3, -0.25) is 0 Å². The molecule has 0 radical (unpaired) electrons. The van der Waals surface area contributed by atoms with Crippen LogP contribution < -0.4 is 5.46 Å². The molecule has 0 saturated carbocycles. The predicted molar refractivity (Wildman–Crippen MR) is 148 cm³/mol. The number of benzene rings is 4. The smallest absolute Gasteiger partial charge is 0.399 e. The molecular formula is C32H26BNO2S. The highest BCUT2D eigenvalue weighted by Gasteiger charge is 2.54. The van der Waals surface area contributed by atoms with Crippen molar-refractivity contribution in [3.05, 3.63) is 113 Å². The molecular weight excluding hydrogens is 473 g/mol. The first-order chi connectivity index (χ1) is 17.8. The van der Waals surface area contributed by atoms with Crippen LogP contribution in [0.25, 0.3) is 11.1 Å². The summed E-state index contributed by atoms with van der Waals surface area (Å²) in [5, 5.41) is 9.86. The molecule has 0 N–H and O–H groups in total. The number of hydrogen-bond acceptors (Lipinski definition) is 4. The summed E-state index contributed by atoms with van der Waals surface area (Å²) in [6.07, 6.45) is 0. The van der Waals surface area contributed by atoms with Gasteiger partial charge in [0.05, 0.1) is 28.2 Å². The SMILES string of the molecule is CC1(C)OB(c2ccc3c(c2)C2(c4ccccc4Sc4ccccc42)c2cc(C#N)ccc2-3)OC1(C)C. The van der Waals surface area contributed by atoms with Crippen molar-refractivity contribution in [2.45, 2.75) is 54.1 Å². The number of nitriles is 1. The molecule has 37 heavy (non-hydrogen) atoms. The van der Waals surface area contributed by atoms with Crippen molar-refractivity contribution < 1.29 is 9.31 Å². The molecule has 1 aliphatic carbocycles. The van der Waals surface area contributed by atoms with Gasteiger partial charge < -0.3 is 9.31 Å². The van der Waals surface area contributed by atoms with Crippen LogP contribution >= 0.6 is 11.8 Å². The number of fused-ring (bicyclic) bond motifs is 9. The van der Waals surface area contributed by atoms with E-state index in [2.05, 4.69) is 113 Å². The molecule has 0 aromatic heterocycles. The zero-order valence-corrected chi connectivity index (χ0v) is 22.1. The van der Waals surface area contributed by atoms with Gasteiger partial charge in [-0.15, -0.1) is 0 Å². The lowest BCUT2D eigenvalue weighted by Gasteiger charge is -2.39. The largest absolute Gasteiger partial charge is 0.494 e. The van der Waals surface area contributed by atoms with E-state index >= 15 is 0 Å². The molecule has 0 unspecified atom stereocenters. The van der Waals surface area contributed by atoms with Crippen molar-refractivity contribution in [3.63, 3.8) is 0 Å². The summed E-state index contributed by atoms with van der Waals surface area (Å²) in [4.78, 5) is 2.48. The second kappa shape index (κ2) is 7.62. The summed E-state index contributed by atoms with van der Waals surface area (Å²) >= 11 is 1.82. The summed E-state index contributed by atoms with van der Waals surface area (Å²) in [5.41, 5.74) is 7.55. The van der Waals surface area contributed by atoms with Gasteiger partial charge >= 0.3 is 7.12 Å². The zero-order valence-electron chi connectivity index (χ0n) is 21.3. The molecule has 1 spiro atoms. The molecule has 5 heteroatoms. The Morgan fingerprint density at radius 3 is 1.81 bits per heavy atom. The molecule has 4 aromatic rings. The Labute approximate surface area is 222 Å². The summed E-state index contributed by atoms with van der Waals surface area (Å²) in [5.74, 6) is 0. The van der Waals surface area contributed by atoms with E-state index in [0.29, 0.717) is 5.56 Å². The van der Waals surface area contributed by atoms with Gasteiger partial charge in [0.15, 0.2) is 0 Å². The van der Waals surface area contributed by atoms with Gasteiger partial charge in [-0.05, 0) is 90.8 Å². The molecule has 2 aliphatic heterocycles. The van der Waals surface area contributed by atoms with Crippen molar-refractivity contribution in [1.29, 1.82) is 5.26 Å². The second-order valence-corrected chi connectivity index (χ2v) is 12.2. The molecule has 4 aromatic carbocycles. The Bertz CT molecular complexity index is 1590. The third-order valence-corrected chi connectivity index (χ3v) is 9.77. The van der Waals surface area contributed by atoms with Gasteiger partial charge in [0.1, 0.15) is 0 Å². The molecule has 2 heterocycles. The third-order valence-electron chi connectivity index (χ3n) is 8.62. The van der Waals surface area contributed by atoms with Gasteiger partial charge in [-0.2, -0.15) is 5.26 Å². The molecule has 180 valence electrons. The maximum Gasteiger partial charge on any atom is 0.494 e. The molecule has 1 saturated heterocycles. The fourth-order valence-electron chi connectivity index (χ4n) is 6.11. The Kier molecular flexibility index (Phi) is 4.71. The van der Waals surface area contributed by atoms with E-state index in [0.717, 1.165) is 11.0 Å². The first-order valence-electron chi connectivity index (χ1n) is 12.7. The van der Waals surface area contributed by atoms with Crippen LogP contribution in [0.4, 0.5) is 0 Å². The molecule has 0 bridgehead atoms. The number of rotatable bonds is 1. The number of hydrogen-bond donors (Lipinski definition) is 0. The van der Waals surface area contributed by atoms with Crippen LogP contribution in [0.5, 0.6) is 0 Å². The van der Waals surface area contributed by atoms with Crippen molar-refractivity contribution in [2.24, 2.45) is 0 Å². The molecule has 0 atom stereocenters. The van der Waals surface area contributed by atoms with Crippen LogP contribution in [0.1, 0.15) is 55.5 Å². The summed E-state index contributed by atoms with van der Waals surface area (Å²) in [7, 11) is -0.450. The average Bonchev–Trinajstić information content (AvgIpc) is 3.30. The fourth-order valence-corrected chi connectivity index (χ4v) is 7.30. The minimum absolute atomic E-state index is 0.417. The van der Waals surface area contributed by atoms with Crippen LogP contribution in [0.2, 0.25) is 0 Å². The van der Waals surface area contributed by atoms with E-state index in [1.165, 1.54) is 37.6 Å². The Balaban J connectivity index is 1.56. The molecule has 0 amide bonds. The predicted octanol–water partition coefficient (Wildman–Crippen LogP) is 6.69. The molecule has 3 aliphatic rings. The lowest BCUT2D eigenvalue weighted by Crippen LogP contribution is -2.41. The Morgan fingerprint density at radius 1 is 0.676 bits per heavy atom. The van der Waals surface area contributed by atoms with Crippen LogP contribution in [0.3, 0.4) is 0 Å². The van der Waals surface area contributed by atoms with Crippen LogP contribution in [0, 0.1) is 11.3 Å². The zero-order chi connectivity index (χ0) is 25.6. The van der Waals surface area contributed by atoms with E-state index in [9.17, 15) is 5.26 Å². The second-order valence-electron chi connectivity index (χ2n) is 11.1. The van der Waals surface area contributed by atoms with Gasteiger partial charge in [-0.25, -0.2) is 0 Å². The lowest BCUT2D eigenvalue weighted by atomic mass is 9.65. The minimum atomic E-state index is -0.532. The maximum atomic E-state index is 9.86. The van der Waals surface area contributed by atoms with Gasteiger partial charge in [-0.1, -0.05) is 72.4 Å². The third kappa shape index (κ3) is 2.98. The van der Waals surface area contributed by atoms with Gasteiger partial charge in [0, 0.05) is 9.79 Å². The monoisotopic (exact) mass is 499 g/mol. The Hall–Kier alpha value is -3.30. The van der Waals surface area contributed by atoms with Crippen molar-refractivity contribution in [3.8, 4) is 17.2 Å². The molecule has 1 fully saturated rings. The highest BCUT2D eigenvalue weighted by molar-refractivity contribution is 7.99. The van der Waals surface area contributed by atoms with E-state index in [4.69, 9.17) is 9.31 Å². The molecule has 3 nitrogen and oxygen atoms in total. The highest BCUT2D eigenvalue weighted by atomic mass is 32.2. The van der Waals surface area contributed by atoms with E-state index in [1.807, 2.05) is 17.8 Å². The van der Waals surface area contributed by atoms with Gasteiger partial charge in [0.2, 0.25) is 0 Å². The minimum Gasteiger partial charge on any atom is -0.399 e. The quantitative estimate of drug-likeness (QED) is 0.237. The van der Waals surface area contributed by atoms with Crippen LogP contribution in [-0.2, 0) is 14.7 Å². The highest BCUT2D eigenvalue weighted by Crippen LogP contribution is 2.62. The average molecular weight is 499 g/mol. The van der Waals surface area contributed by atoms with Crippen molar-refractivity contribution in [2.75, 3.05) is 0 Å². The standard InChI is InChI=1S/C32H26BNO2S/c1-30(2)31(3,4)36-33(35-30)21-14-16-23-22-15-13-20(19-34)17-26(22)32(27(23)18-21)24-9-5-7-11-28(24)37-29-12-8-6-10-25(29)32/h5-18H,1-4H3. The van der Waals surface area contributed by atoms with E-state index in [1.54, 1.807) is 0 Å². The van der Waals surface area contributed by atoms with Crippen LogP contribution in [-0.4, -0.2) is 18.3 Å². The van der Waals surface area contributed by atoms with Crippen molar-refractivity contribution >= 4 is 24.3 Å².